The Balaban J connectivity index is 0.00000529. The molecule has 4 nitrogen and oxygen atoms in total. The van der Waals surface area contributed by atoms with Crippen molar-refractivity contribution in [1.29, 1.82) is 0 Å². The van der Waals surface area contributed by atoms with Gasteiger partial charge >= 0.3 is 5.97 Å². The van der Waals surface area contributed by atoms with Crippen LogP contribution < -0.4 is 4.74 Å². The number of methoxy groups -OCH3 is 1. The molecule has 1 aromatic carbocycles. The third kappa shape index (κ3) is 7.54. The fourth-order valence-electron chi connectivity index (χ4n) is 3.01. The maximum Gasteiger partial charge on any atom is 0.303 e. The largest absolute Gasteiger partial charge is 0.497 e. The summed E-state index contributed by atoms with van der Waals surface area (Å²) in [7, 11) is 1.70. The second-order valence-electron chi connectivity index (χ2n) is 6.09. The molecule has 0 aliphatic heterocycles. The number of carboxylic acids is 1. The first-order valence-electron chi connectivity index (χ1n) is 8.60. The lowest BCUT2D eigenvalue weighted by Crippen LogP contribution is -2.28. The maximum absolute atomic E-state index is 10.5. The third-order valence-electron chi connectivity index (χ3n) is 4.47. The Bertz CT molecular complexity index is 494. The van der Waals surface area contributed by atoms with E-state index in [2.05, 4.69) is 37.8 Å². The number of ether oxygens (including phenoxy) is 1. The number of carboxylic acid groups (broad SMARTS) is 1. The summed E-state index contributed by atoms with van der Waals surface area (Å²) in [5.41, 5.74) is 2.61. The molecule has 0 radical (unpaired) electrons. The topological polar surface area (TPSA) is 49.8 Å². The lowest BCUT2D eigenvalue weighted by atomic mass is 10.0. The molecule has 0 spiro atoms. The van der Waals surface area contributed by atoms with Crippen LogP contribution >= 0.6 is 12.4 Å². The summed E-state index contributed by atoms with van der Waals surface area (Å²) in [5.74, 6) is 0.212. The van der Waals surface area contributed by atoms with E-state index < -0.39 is 5.97 Å². The van der Waals surface area contributed by atoms with Gasteiger partial charge in [-0.25, -0.2) is 0 Å². The Hall–Kier alpha value is -1.26. The summed E-state index contributed by atoms with van der Waals surface area (Å²) >= 11 is 0. The highest BCUT2D eigenvalue weighted by Crippen LogP contribution is 2.26. The smallest absolute Gasteiger partial charge is 0.303 e. The number of hydrogen-bond acceptors (Lipinski definition) is 3. The lowest BCUT2D eigenvalue weighted by molar-refractivity contribution is -0.137. The Kier molecular flexibility index (Phi) is 11.5. The van der Waals surface area contributed by atoms with Gasteiger partial charge in [-0.05, 0) is 63.0 Å². The average molecular weight is 358 g/mol. The summed E-state index contributed by atoms with van der Waals surface area (Å²) < 4.78 is 5.28. The molecule has 1 atom stereocenters. The van der Waals surface area contributed by atoms with Crippen molar-refractivity contribution < 1.29 is 14.6 Å². The number of aliphatic carboxylic acids is 1. The fraction of sp³-hybridized carbons (Fsp3) is 0.632. The van der Waals surface area contributed by atoms with Gasteiger partial charge in [0.15, 0.2) is 0 Å². The number of halogens is 1. The van der Waals surface area contributed by atoms with Gasteiger partial charge in [0.25, 0.3) is 0 Å². The van der Waals surface area contributed by atoms with Gasteiger partial charge in [-0.2, -0.15) is 0 Å². The first-order chi connectivity index (χ1) is 11.0. The molecule has 0 bridgehead atoms. The summed E-state index contributed by atoms with van der Waals surface area (Å²) in [6.45, 7) is 8.65. The molecule has 0 amide bonds. The van der Waals surface area contributed by atoms with E-state index in [1.165, 1.54) is 11.1 Å². The van der Waals surface area contributed by atoms with E-state index in [0.717, 1.165) is 44.5 Å². The van der Waals surface area contributed by atoms with Crippen LogP contribution in [-0.2, 0) is 4.79 Å². The van der Waals surface area contributed by atoms with Gasteiger partial charge in [-0.15, -0.1) is 12.4 Å². The van der Waals surface area contributed by atoms with Crippen molar-refractivity contribution in [2.45, 2.75) is 58.9 Å². The predicted octanol–water partition coefficient (Wildman–Crippen LogP) is 4.84. The predicted molar refractivity (Wildman–Crippen MR) is 101 cm³/mol. The van der Waals surface area contributed by atoms with Gasteiger partial charge in [0.1, 0.15) is 5.75 Å². The molecule has 0 saturated carbocycles. The number of carbonyl (C=O) groups is 1. The maximum atomic E-state index is 10.5. The van der Waals surface area contributed by atoms with Crippen LogP contribution in [-0.4, -0.2) is 36.2 Å². The van der Waals surface area contributed by atoms with Crippen LogP contribution in [0.1, 0.15) is 63.1 Å². The van der Waals surface area contributed by atoms with Gasteiger partial charge in [-0.3, -0.25) is 9.69 Å². The van der Waals surface area contributed by atoms with Gasteiger partial charge in [0.2, 0.25) is 0 Å². The molecular weight excluding hydrogens is 326 g/mol. The van der Waals surface area contributed by atoms with Crippen molar-refractivity contribution in [1.82, 2.24) is 4.90 Å². The molecule has 1 unspecified atom stereocenters. The van der Waals surface area contributed by atoms with Crippen LogP contribution in [0, 0.1) is 6.92 Å². The highest BCUT2D eigenvalue weighted by molar-refractivity contribution is 5.85. The van der Waals surface area contributed by atoms with Gasteiger partial charge in [-0.1, -0.05) is 25.8 Å². The minimum atomic E-state index is -0.691. The highest BCUT2D eigenvalue weighted by atomic mass is 35.5. The molecule has 1 aromatic rings. The van der Waals surface area contributed by atoms with Gasteiger partial charge in [0, 0.05) is 12.5 Å². The number of benzene rings is 1. The molecule has 0 aliphatic carbocycles. The SMILES string of the molecule is CCN(CCCCCCC(=O)O)C(C)c1ccc(OC)cc1C.Cl. The molecule has 5 heteroatoms. The fourth-order valence-corrected chi connectivity index (χ4v) is 3.01. The molecule has 1 N–H and O–H groups in total. The molecule has 1 rings (SSSR count). The summed E-state index contributed by atoms with van der Waals surface area (Å²) in [5, 5.41) is 8.64. The first kappa shape index (κ1) is 22.7. The minimum Gasteiger partial charge on any atom is -0.497 e. The number of aryl methyl sites for hydroxylation is 1. The standard InChI is InChI=1S/C19H31NO3.ClH/c1-5-20(13-9-7-6-8-10-19(21)22)16(3)18-12-11-17(23-4)14-15(18)2;/h11-12,14,16H,5-10,13H2,1-4H3,(H,21,22);1H. The third-order valence-corrected chi connectivity index (χ3v) is 4.47. The molecule has 0 aliphatic rings. The number of hydrogen-bond donors (Lipinski definition) is 1. The van der Waals surface area contributed by atoms with Crippen LogP contribution in [0.25, 0.3) is 0 Å². The minimum absolute atomic E-state index is 0. The molecule has 24 heavy (non-hydrogen) atoms. The highest BCUT2D eigenvalue weighted by Gasteiger charge is 2.16. The monoisotopic (exact) mass is 357 g/mol. The Morgan fingerprint density at radius 2 is 1.92 bits per heavy atom. The van der Waals surface area contributed by atoms with Crippen molar-refractivity contribution in [2.75, 3.05) is 20.2 Å². The second kappa shape index (κ2) is 12.2. The zero-order chi connectivity index (χ0) is 17.2. The van der Waals surface area contributed by atoms with E-state index in [1.807, 2.05) is 6.07 Å². The van der Waals surface area contributed by atoms with Crippen molar-refractivity contribution >= 4 is 18.4 Å². The molecular formula is C19H32ClNO3. The second-order valence-corrected chi connectivity index (χ2v) is 6.09. The molecule has 0 aromatic heterocycles. The Morgan fingerprint density at radius 1 is 1.25 bits per heavy atom. The zero-order valence-electron chi connectivity index (χ0n) is 15.4. The summed E-state index contributed by atoms with van der Waals surface area (Å²) in [6.07, 6.45) is 4.29. The zero-order valence-corrected chi connectivity index (χ0v) is 16.2. The molecule has 0 heterocycles. The van der Waals surface area contributed by atoms with Crippen LogP contribution in [0.3, 0.4) is 0 Å². The van der Waals surface area contributed by atoms with Crippen molar-refractivity contribution in [3.05, 3.63) is 29.3 Å². The number of unbranched alkanes of at least 4 members (excludes halogenated alkanes) is 3. The van der Waals surface area contributed by atoms with Crippen molar-refractivity contribution in [3.63, 3.8) is 0 Å². The molecule has 138 valence electrons. The Morgan fingerprint density at radius 3 is 2.46 bits per heavy atom. The Labute approximate surface area is 152 Å². The van der Waals surface area contributed by atoms with Gasteiger partial charge < -0.3 is 9.84 Å². The van der Waals surface area contributed by atoms with Crippen LogP contribution in [0.4, 0.5) is 0 Å². The van der Waals surface area contributed by atoms with E-state index in [-0.39, 0.29) is 12.4 Å². The van der Waals surface area contributed by atoms with E-state index in [1.54, 1.807) is 7.11 Å². The van der Waals surface area contributed by atoms with E-state index in [4.69, 9.17) is 9.84 Å². The summed E-state index contributed by atoms with van der Waals surface area (Å²) in [4.78, 5) is 13.0. The molecule has 0 saturated heterocycles. The van der Waals surface area contributed by atoms with Crippen LogP contribution in [0.15, 0.2) is 18.2 Å². The number of rotatable bonds is 11. The van der Waals surface area contributed by atoms with Crippen LogP contribution in [0.2, 0.25) is 0 Å². The average Bonchev–Trinajstić information content (AvgIpc) is 2.53. The normalized spacial score (nSPS) is 11.9. The van der Waals surface area contributed by atoms with Crippen LogP contribution in [0.5, 0.6) is 5.75 Å². The van der Waals surface area contributed by atoms with E-state index in [0.29, 0.717) is 12.5 Å². The first-order valence-corrected chi connectivity index (χ1v) is 8.60. The summed E-state index contributed by atoms with van der Waals surface area (Å²) in [6, 6.07) is 6.66. The lowest BCUT2D eigenvalue weighted by Gasteiger charge is -2.29. The van der Waals surface area contributed by atoms with E-state index >= 15 is 0 Å². The quantitative estimate of drug-likeness (QED) is 0.575. The van der Waals surface area contributed by atoms with E-state index in [9.17, 15) is 4.79 Å². The number of nitrogens with zero attached hydrogens (tertiary/aromatic N) is 1. The molecule has 0 fully saturated rings. The van der Waals surface area contributed by atoms with Crippen molar-refractivity contribution in [2.24, 2.45) is 0 Å². The van der Waals surface area contributed by atoms with Gasteiger partial charge in [0.05, 0.1) is 7.11 Å². The van der Waals surface area contributed by atoms with Crippen molar-refractivity contribution in [3.8, 4) is 5.75 Å².